The lowest BCUT2D eigenvalue weighted by molar-refractivity contribution is -0.135. The van der Waals surface area contributed by atoms with Gasteiger partial charge in [-0.1, -0.05) is 6.92 Å². The predicted molar refractivity (Wildman–Crippen MR) is 110 cm³/mol. The van der Waals surface area contributed by atoms with Crippen LogP contribution in [0.3, 0.4) is 0 Å². The molecule has 2 aliphatic heterocycles. The normalized spacial score (nSPS) is 25.8. The summed E-state index contributed by atoms with van der Waals surface area (Å²) in [5.41, 5.74) is 2.21. The number of ether oxygens (including phenoxy) is 1. The molecule has 156 valence electrons. The number of hydrogen-bond acceptors (Lipinski definition) is 5. The molecule has 6 nitrogen and oxygen atoms in total. The lowest BCUT2D eigenvalue weighted by atomic mass is 9.72. The number of aliphatic hydroxyl groups is 1. The monoisotopic (exact) mass is 399 g/mol. The number of carbonyl (C=O) groups excluding carboxylic acids is 1. The Morgan fingerprint density at radius 2 is 2.03 bits per heavy atom. The quantitative estimate of drug-likeness (QED) is 0.781. The summed E-state index contributed by atoms with van der Waals surface area (Å²) in [4.78, 5) is 27.1. The Morgan fingerprint density at radius 3 is 2.69 bits per heavy atom. The Morgan fingerprint density at radius 1 is 1.28 bits per heavy atom. The summed E-state index contributed by atoms with van der Waals surface area (Å²) in [5, 5.41) is 10.7. The van der Waals surface area contributed by atoms with Crippen molar-refractivity contribution in [1.82, 2.24) is 4.90 Å². The van der Waals surface area contributed by atoms with Crippen molar-refractivity contribution < 1.29 is 19.1 Å². The molecule has 2 aromatic rings. The summed E-state index contributed by atoms with van der Waals surface area (Å²) in [6.45, 7) is 7.66. The molecule has 1 aromatic carbocycles. The average Bonchev–Trinajstić information content (AvgIpc) is 3.26. The van der Waals surface area contributed by atoms with E-state index < -0.39 is 0 Å². The minimum Gasteiger partial charge on any atom is -0.483 e. The van der Waals surface area contributed by atoms with Gasteiger partial charge in [0.15, 0.2) is 6.61 Å². The third-order valence-electron chi connectivity index (χ3n) is 7.17. The first-order valence-electron chi connectivity index (χ1n) is 10.4. The van der Waals surface area contributed by atoms with Gasteiger partial charge >= 0.3 is 5.63 Å². The molecular weight excluding hydrogens is 370 g/mol. The van der Waals surface area contributed by atoms with E-state index in [1.165, 1.54) is 0 Å². The van der Waals surface area contributed by atoms with Gasteiger partial charge in [-0.05, 0) is 69.7 Å². The number of rotatable bonds is 5. The van der Waals surface area contributed by atoms with E-state index in [0.717, 1.165) is 42.2 Å². The molecule has 0 saturated carbocycles. The Labute approximate surface area is 170 Å². The number of hydrogen-bond donors (Lipinski definition) is 1. The topological polar surface area (TPSA) is 80.0 Å². The molecule has 3 atom stereocenters. The fourth-order valence-electron chi connectivity index (χ4n) is 5.34. The van der Waals surface area contributed by atoms with Crippen molar-refractivity contribution in [3.63, 3.8) is 0 Å². The molecule has 3 heterocycles. The van der Waals surface area contributed by atoms with Gasteiger partial charge in [0.2, 0.25) is 0 Å². The summed E-state index contributed by atoms with van der Waals surface area (Å²) < 4.78 is 11.4. The standard InChI is InChI=1S/C23H29NO5/c1-5-23(12-25)10-16-6-7-19(23)24(16)20(26)11-28-17-8-13(2)9-18-21(17)14(3)15(4)22(27)29-18/h8-9,16,19,25H,5-7,10-12H2,1-4H3/t16-,19+,23-/m1/s1. The number of aryl methyl sites for hydroxylation is 2. The third-order valence-corrected chi connectivity index (χ3v) is 7.17. The molecule has 2 bridgehead atoms. The first-order chi connectivity index (χ1) is 13.8. The van der Waals surface area contributed by atoms with Gasteiger partial charge in [0, 0.05) is 23.1 Å². The highest BCUT2D eigenvalue weighted by atomic mass is 16.5. The minimum atomic E-state index is -0.351. The van der Waals surface area contributed by atoms with E-state index in [1.807, 2.05) is 30.9 Å². The largest absolute Gasteiger partial charge is 0.483 e. The van der Waals surface area contributed by atoms with E-state index in [1.54, 1.807) is 6.92 Å². The summed E-state index contributed by atoms with van der Waals surface area (Å²) in [6, 6.07) is 3.98. The van der Waals surface area contributed by atoms with Gasteiger partial charge in [0.1, 0.15) is 11.3 Å². The van der Waals surface area contributed by atoms with Crippen LogP contribution in [-0.4, -0.2) is 41.2 Å². The molecule has 4 rings (SSSR count). The van der Waals surface area contributed by atoms with Crippen molar-refractivity contribution in [1.29, 1.82) is 0 Å². The van der Waals surface area contributed by atoms with Crippen LogP contribution in [0.25, 0.3) is 11.0 Å². The van der Waals surface area contributed by atoms with Crippen LogP contribution in [-0.2, 0) is 4.79 Å². The van der Waals surface area contributed by atoms with Crippen LogP contribution >= 0.6 is 0 Å². The molecule has 2 aliphatic rings. The van der Waals surface area contributed by atoms with Gasteiger partial charge in [0.25, 0.3) is 5.91 Å². The van der Waals surface area contributed by atoms with E-state index in [2.05, 4.69) is 6.92 Å². The van der Waals surface area contributed by atoms with Crippen molar-refractivity contribution in [2.24, 2.45) is 5.41 Å². The first kappa shape index (κ1) is 20.0. The van der Waals surface area contributed by atoms with E-state index >= 15 is 0 Å². The van der Waals surface area contributed by atoms with Gasteiger partial charge in [-0.15, -0.1) is 0 Å². The van der Waals surface area contributed by atoms with Crippen LogP contribution in [0.2, 0.25) is 0 Å². The maximum absolute atomic E-state index is 13.1. The maximum atomic E-state index is 13.1. The van der Waals surface area contributed by atoms with Crippen LogP contribution in [0.1, 0.15) is 49.3 Å². The van der Waals surface area contributed by atoms with Crippen molar-refractivity contribution in [2.45, 2.75) is 65.5 Å². The Bertz CT molecular complexity index is 1020. The summed E-state index contributed by atoms with van der Waals surface area (Å²) in [7, 11) is 0. The first-order valence-corrected chi connectivity index (χ1v) is 10.4. The maximum Gasteiger partial charge on any atom is 0.339 e. The number of amides is 1. The molecular formula is C23H29NO5. The SMILES string of the molecule is CC[C@]1(CO)C[C@H]2CC[C@@H]1N2C(=O)COc1cc(C)cc2oc(=O)c(C)c(C)c12. The number of nitrogens with zero attached hydrogens (tertiary/aromatic N) is 1. The second-order valence-corrected chi connectivity index (χ2v) is 8.69. The molecule has 0 unspecified atom stereocenters. The van der Waals surface area contributed by atoms with Gasteiger partial charge in [-0.25, -0.2) is 4.79 Å². The molecule has 1 amide bonds. The molecule has 1 N–H and O–H groups in total. The molecule has 0 aliphatic carbocycles. The zero-order valence-corrected chi connectivity index (χ0v) is 17.6. The van der Waals surface area contributed by atoms with Gasteiger partial charge < -0.3 is 19.2 Å². The van der Waals surface area contributed by atoms with Crippen LogP contribution in [0.5, 0.6) is 5.75 Å². The molecule has 29 heavy (non-hydrogen) atoms. The number of carbonyl (C=O) groups is 1. The zero-order chi connectivity index (χ0) is 20.9. The second kappa shape index (κ2) is 7.17. The Kier molecular flexibility index (Phi) is 4.93. The minimum absolute atomic E-state index is 0.0392. The highest BCUT2D eigenvalue weighted by molar-refractivity contribution is 5.89. The fraction of sp³-hybridized carbons (Fsp3) is 0.565. The lowest BCUT2D eigenvalue weighted by Gasteiger charge is -2.34. The van der Waals surface area contributed by atoms with Crippen molar-refractivity contribution in [3.8, 4) is 5.75 Å². The van der Waals surface area contributed by atoms with E-state index in [4.69, 9.17) is 9.15 Å². The third kappa shape index (κ3) is 3.05. The van der Waals surface area contributed by atoms with Crippen molar-refractivity contribution >= 4 is 16.9 Å². The highest BCUT2D eigenvalue weighted by Gasteiger charge is 2.56. The van der Waals surface area contributed by atoms with Crippen LogP contribution < -0.4 is 10.4 Å². The zero-order valence-electron chi connectivity index (χ0n) is 17.6. The summed E-state index contributed by atoms with van der Waals surface area (Å²) >= 11 is 0. The molecule has 6 heteroatoms. The molecule has 0 radical (unpaired) electrons. The molecule has 1 aromatic heterocycles. The van der Waals surface area contributed by atoms with Crippen LogP contribution in [0.4, 0.5) is 0 Å². The Hall–Kier alpha value is -2.34. The fourth-order valence-corrected chi connectivity index (χ4v) is 5.34. The number of benzene rings is 1. The van der Waals surface area contributed by atoms with Crippen LogP contribution in [0.15, 0.2) is 21.3 Å². The molecule has 2 fully saturated rings. The number of fused-ring (bicyclic) bond motifs is 3. The smallest absolute Gasteiger partial charge is 0.339 e. The van der Waals surface area contributed by atoms with Gasteiger partial charge in [-0.2, -0.15) is 0 Å². The van der Waals surface area contributed by atoms with E-state index in [9.17, 15) is 14.7 Å². The summed E-state index contributed by atoms with van der Waals surface area (Å²) in [5.74, 6) is 0.524. The Balaban J connectivity index is 1.60. The van der Waals surface area contributed by atoms with Crippen LogP contribution in [0, 0.1) is 26.2 Å². The van der Waals surface area contributed by atoms with Gasteiger partial charge in [-0.3, -0.25) is 4.79 Å². The average molecular weight is 399 g/mol. The van der Waals surface area contributed by atoms with Gasteiger partial charge in [0.05, 0.1) is 12.0 Å². The molecule has 2 saturated heterocycles. The number of aliphatic hydroxyl groups excluding tert-OH is 1. The second-order valence-electron chi connectivity index (χ2n) is 8.69. The van der Waals surface area contributed by atoms with Crippen molar-refractivity contribution in [2.75, 3.05) is 13.2 Å². The lowest BCUT2D eigenvalue weighted by Crippen LogP contribution is -2.44. The summed E-state index contributed by atoms with van der Waals surface area (Å²) in [6.07, 6.45) is 3.68. The highest BCUT2D eigenvalue weighted by Crippen LogP contribution is 2.51. The van der Waals surface area contributed by atoms with Crippen molar-refractivity contribution in [3.05, 3.63) is 39.2 Å². The van der Waals surface area contributed by atoms with E-state index in [0.29, 0.717) is 16.9 Å². The predicted octanol–water partition coefficient (Wildman–Crippen LogP) is 3.25. The molecule has 0 spiro atoms. The van der Waals surface area contributed by atoms with E-state index in [-0.39, 0.29) is 42.2 Å².